The highest BCUT2D eigenvalue weighted by Gasteiger charge is 2.06. The van der Waals surface area contributed by atoms with Crippen molar-refractivity contribution in [1.82, 2.24) is 14.6 Å². The summed E-state index contributed by atoms with van der Waals surface area (Å²) in [5.74, 6) is -0.640. The molecule has 0 saturated carbocycles. The molecule has 4 nitrogen and oxygen atoms in total. The van der Waals surface area contributed by atoms with Crippen LogP contribution in [0.2, 0.25) is 5.02 Å². The van der Waals surface area contributed by atoms with Crippen molar-refractivity contribution in [1.29, 1.82) is 0 Å². The normalized spacial score (nSPS) is 10.9. The fourth-order valence-electron chi connectivity index (χ4n) is 1.61. The van der Waals surface area contributed by atoms with Crippen molar-refractivity contribution in [3.05, 3.63) is 53.2 Å². The summed E-state index contributed by atoms with van der Waals surface area (Å²) in [6.45, 7) is 0. The summed E-state index contributed by atoms with van der Waals surface area (Å²) >= 11 is 5.67. The van der Waals surface area contributed by atoms with Crippen molar-refractivity contribution in [2.75, 3.05) is 5.32 Å². The number of aromatic nitrogens is 3. The second-order valence-electron chi connectivity index (χ2n) is 3.84. The number of fused-ring (bicyclic) bond motifs is 1. The van der Waals surface area contributed by atoms with Crippen LogP contribution >= 0.6 is 11.6 Å². The number of anilines is 2. The molecule has 2 aromatic heterocycles. The van der Waals surface area contributed by atoms with Crippen LogP contribution < -0.4 is 5.32 Å². The minimum atomic E-state index is -0.503. The maximum atomic E-state index is 13.0. The van der Waals surface area contributed by atoms with Crippen LogP contribution in [-0.2, 0) is 0 Å². The molecule has 0 fully saturated rings. The molecule has 96 valence electrons. The predicted octanol–water partition coefficient (Wildman–Crippen LogP) is 3.40. The standard InChI is InChI=1S/C12H7ClF2N4/c13-9-5-8(2-3-10(9)15)16-12-17-11-4-1-7(14)6-19(11)18-12/h1-6H,(H,16,18). The zero-order valence-electron chi connectivity index (χ0n) is 9.44. The number of hydrogen-bond acceptors (Lipinski definition) is 3. The quantitative estimate of drug-likeness (QED) is 0.782. The monoisotopic (exact) mass is 280 g/mol. The molecule has 1 aromatic carbocycles. The Hall–Kier alpha value is -2.21. The summed E-state index contributed by atoms with van der Waals surface area (Å²) in [5.41, 5.74) is 1.04. The highest BCUT2D eigenvalue weighted by molar-refractivity contribution is 6.31. The van der Waals surface area contributed by atoms with Gasteiger partial charge in [-0.05, 0) is 30.3 Å². The molecule has 0 aliphatic carbocycles. The number of halogens is 3. The molecule has 0 atom stereocenters. The first-order chi connectivity index (χ1) is 9.11. The third-order valence-electron chi connectivity index (χ3n) is 2.47. The summed E-state index contributed by atoms with van der Waals surface area (Å²) in [4.78, 5) is 4.14. The minimum absolute atomic E-state index is 0.000177. The maximum absolute atomic E-state index is 13.0. The van der Waals surface area contributed by atoms with E-state index in [2.05, 4.69) is 15.4 Å². The van der Waals surface area contributed by atoms with Gasteiger partial charge >= 0.3 is 0 Å². The maximum Gasteiger partial charge on any atom is 0.247 e. The highest BCUT2D eigenvalue weighted by Crippen LogP contribution is 2.21. The fourth-order valence-corrected chi connectivity index (χ4v) is 1.79. The first-order valence-corrected chi connectivity index (χ1v) is 5.73. The molecule has 0 radical (unpaired) electrons. The van der Waals surface area contributed by atoms with E-state index in [1.807, 2.05) is 0 Å². The Morgan fingerprint density at radius 2 is 2.00 bits per heavy atom. The summed E-state index contributed by atoms with van der Waals surface area (Å²) < 4.78 is 27.3. The number of hydrogen-bond donors (Lipinski definition) is 1. The molecule has 0 aliphatic rings. The van der Waals surface area contributed by atoms with E-state index in [0.717, 1.165) is 0 Å². The number of nitrogens with one attached hydrogen (secondary N) is 1. The van der Waals surface area contributed by atoms with Gasteiger partial charge in [-0.15, -0.1) is 5.10 Å². The van der Waals surface area contributed by atoms with Crippen LogP contribution in [0.4, 0.5) is 20.4 Å². The Labute approximate surface area is 111 Å². The minimum Gasteiger partial charge on any atom is -0.323 e. The molecule has 0 bridgehead atoms. The van der Waals surface area contributed by atoms with Gasteiger partial charge in [0.2, 0.25) is 5.95 Å². The van der Waals surface area contributed by atoms with Gasteiger partial charge in [-0.1, -0.05) is 11.6 Å². The van der Waals surface area contributed by atoms with Gasteiger partial charge in [0.05, 0.1) is 11.2 Å². The molecule has 2 heterocycles. The predicted molar refractivity (Wildman–Crippen MR) is 67.6 cm³/mol. The number of benzene rings is 1. The lowest BCUT2D eigenvalue weighted by Gasteiger charge is -2.02. The highest BCUT2D eigenvalue weighted by atomic mass is 35.5. The first kappa shape index (κ1) is 11.9. The van der Waals surface area contributed by atoms with Gasteiger partial charge in [0.1, 0.15) is 11.6 Å². The van der Waals surface area contributed by atoms with E-state index in [-0.39, 0.29) is 11.0 Å². The molecular weight excluding hydrogens is 274 g/mol. The van der Waals surface area contributed by atoms with Crippen LogP contribution in [0.25, 0.3) is 5.65 Å². The molecular formula is C12H7ClF2N4. The molecule has 19 heavy (non-hydrogen) atoms. The van der Waals surface area contributed by atoms with Crippen LogP contribution in [0.1, 0.15) is 0 Å². The van der Waals surface area contributed by atoms with Gasteiger partial charge in [0, 0.05) is 5.69 Å². The summed E-state index contributed by atoms with van der Waals surface area (Å²) in [6, 6.07) is 6.96. The second kappa shape index (κ2) is 4.47. The Bertz CT molecular complexity index is 757. The summed E-state index contributed by atoms with van der Waals surface area (Å²) in [6.07, 6.45) is 1.21. The fraction of sp³-hybridized carbons (Fsp3) is 0. The Morgan fingerprint density at radius 3 is 2.79 bits per heavy atom. The van der Waals surface area contributed by atoms with Crippen molar-refractivity contribution in [3.63, 3.8) is 0 Å². The molecule has 0 unspecified atom stereocenters. The van der Waals surface area contributed by atoms with Gasteiger partial charge in [0.25, 0.3) is 0 Å². The molecule has 0 aliphatic heterocycles. The van der Waals surface area contributed by atoms with Crippen molar-refractivity contribution in [2.24, 2.45) is 0 Å². The van der Waals surface area contributed by atoms with Gasteiger partial charge < -0.3 is 5.32 Å². The number of nitrogens with zero attached hydrogens (tertiary/aromatic N) is 3. The van der Waals surface area contributed by atoms with Crippen LogP contribution in [0, 0.1) is 11.6 Å². The van der Waals surface area contributed by atoms with Crippen LogP contribution in [0.5, 0.6) is 0 Å². The molecule has 1 N–H and O–H groups in total. The molecule has 3 rings (SSSR count). The zero-order chi connectivity index (χ0) is 13.4. The van der Waals surface area contributed by atoms with Gasteiger partial charge in [-0.25, -0.2) is 13.3 Å². The molecule has 0 amide bonds. The van der Waals surface area contributed by atoms with E-state index in [1.54, 1.807) is 0 Å². The molecule has 0 spiro atoms. The number of pyridine rings is 1. The average Bonchev–Trinajstić information content (AvgIpc) is 2.75. The lowest BCUT2D eigenvalue weighted by atomic mass is 10.3. The van der Waals surface area contributed by atoms with Crippen LogP contribution in [0.3, 0.4) is 0 Å². The van der Waals surface area contributed by atoms with Crippen molar-refractivity contribution in [3.8, 4) is 0 Å². The average molecular weight is 281 g/mol. The van der Waals surface area contributed by atoms with E-state index >= 15 is 0 Å². The van der Waals surface area contributed by atoms with E-state index in [9.17, 15) is 8.78 Å². The molecule has 7 heteroatoms. The number of rotatable bonds is 2. The molecule has 3 aromatic rings. The van der Waals surface area contributed by atoms with Crippen LogP contribution in [0.15, 0.2) is 36.5 Å². The second-order valence-corrected chi connectivity index (χ2v) is 4.25. The topological polar surface area (TPSA) is 42.2 Å². The zero-order valence-corrected chi connectivity index (χ0v) is 10.2. The Kier molecular flexibility index (Phi) is 2.79. The van der Waals surface area contributed by atoms with Crippen LogP contribution in [-0.4, -0.2) is 14.6 Å². The lowest BCUT2D eigenvalue weighted by Crippen LogP contribution is -1.94. The van der Waals surface area contributed by atoms with E-state index in [4.69, 9.17) is 11.6 Å². The SMILES string of the molecule is Fc1ccc2nc(Nc3ccc(F)c(Cl)c3)nn2c1. The smallest absolute Gasteiger partial charge is 0.247 e. The van der Waals surface area contributed by atoms with Crippen molar-refractivity contribution in [2.45, 2.75) is 0 Å². The third-order valence-corrected chi connectivity index (χ3v) is 2.76. The first-order valence-electron chi connectivity index (χ1n) is 5.36. The van der Waals surface area contributed by atoms with Crippen molar-refractivity contribution < 1.29 is 8.78 Å². The molecule has 0 saturated heterocycles. The largest absolute Gasteiger partial charge is 0.323 e. The van der Waals surface area contributed by atoms with Gasteiger partial charge in [0.15, 0.2) is 5.65 Å². The van der Waals surface area contributed by atoms with Crippen molar-refractivity contribution >= 4 is 28.9 Å². The third kappa shape index (κ3) is 2.34. The van der Waals surface area contributed by atoms with Gasteiger partial charge in [-0.2, -0.15) is 4.98 Å². The lowest BCUT2D eigenvalue weighted by molar-refractivity contribution is 0.615. The summed E-state index contributed by atoms with van der Waals surface area (Å²) in [7, 11) is 0. The summed E-state index contributed by atoms with van der Waals surface area (Å²) in [5, 5.41) is 6.90. The van der Waals surface area contributed by atoms with E-state index < -0.39 is 11.6 Å². The van der Waals surface area contributed by atoms with E-state index in [0.29, 0.717) is 11.3 Å². The van der Waals surface area contributed by atoms with E-state index in [1.165, 1.54) is 41.0 Å². The Morgan fingerprint density at radius 1 is 1.16 bits per heavy atom. The van der Waals surface area contributed by atoms with Gasteiger partial charge in [-0.3, -0.25) is 0 Å². The Balaban J connectivity index is 1.94.